The Balaban J connectivity index is 2.55. The molecule has 1 nitrogen and oxygen atoms in total. The molecule has 0 aromatic heterocycles. The molecule has 0 aliphatic carbocycles. The Kier molecular flexibility index (Phi) is 2.73. The van der Waals surface area contributed by atoms with Gasteiger partial charge in [0, 0.05) is 0 Å². The minimum Gasteiger partial charge on any atom is -0.385 e. The Morgan fingerprint density at radius 3 is 2.25 bits per heavy atom. The van der Waals surface area contributed by atoms with Crippen molar-refractivity contribution in [2.24, 2.45) is 5.92 Å². The fourth-order valence-corrected chi connectivity index (χ4v) is 1.84. The zero-order chi connectivity index (χ0) is 11.8. The van der Waals surface area contributed by atoms with Crippen LogP contribution in [0.3, 0.4) is 0 Å². The van der Waals surface area contributed by atoms with Crippen LogP contribution in [0, 0.1) is 5.92 Å². The van der Waals surface area contributed by atoms with Crippen LogP contribution in [0.25, 0.3) is 10.8 Å². The molecule has 84 valence electrons. The monoisotopic (exact) mass is 214 g/mol. The van der Waals surface area contributed by atoms with Crippen molar-refractivity contribution in [1.29, 1.82) is 0 Å². The molecule has 0 aliphatic rings. The van der Waals surface area contributed by atoms with Crippen molar-refractivity contribution >= 4 is 10.8 Å². The first-order valence-corrected chi connectivity index (χ1v) is 5.73. The summed E-state index contributed by atoms with van der Waals surface area (Å²) in [6.45, 7) is 5.95. The van der Waals surface area contributed by atoms with Crippen molar-refractivity contribution in [3.63, 3.8) is 0 Å². The Labute approximate surface area is 96.7 Å². The number of hydrogen-bond donors (Lipinski definition) is 1. The molecule has 2 aromatic carbocycles. The summed E-state index contributed by atoms with van der Waals surface area (Å²) >= 11 is 0. The molecule has 1 N–H and O–H groups in total. The predicted molar refractivity (Wildman–Crippen MR) is 68.4 cm³/mol. The Morgan fingerprint density at radius 1 is 1.00 bits per heavy atom. The van der Waals surface area contributed by atoms with Crippen molar-refractivity contribution in [2.75, 3.05) is 0 Å². The number of aliphatic hydroxyl groups is 1. The number of benzene rings is 2. The molecule has 0 amide bonds. The average molecular weight is 214 g/mol. The summed E-state index contributed by atoms with van der Waals surface area (Å²) < 4.78 is 0. The van der Waals surface area contributed by atoms with Crippen molar-refractivity contribution in [2.45, 2.75) is 26.4 Å². The first kappa shape index (κ1) is 11.2. The molecule has 0 radical (unpaired) electrons. The van der Waals surface area contributed by atoms with E-state index in [0.29, 0.717) is 0 Å². The minimum absolute atomic E-state index is 0.202. The number of fused-ring (bicyclic) bond motifs is 1. The van der Waals surface area contributed by atoms with Crippen LogP contribution < -0.4 is 0 Å². The van der Waals surface area contributed by atoms with Gasteiger partial charge in [0.1, 0.15) is 0 Å². The standard InChI is InChI=1S/C15H18O/c1-11(2)15(3,16)14-9-8-12-6-4-5-7-13(12)10-14/h4-11,16H,1-3H3. The summed E-state index contributed by atoms with van der Waals surface area (Å²) in [5.74, 6) is 0.202. The lowest BCUT2D eigenvalue weighted by Gasteiger charge is -2.28. The van der Waals surface area contributed by atoms with E-state index in [1.54, 1.807) is 0 Å². The van der Waals surface area contributed by atoms with E-state index in [4.69, 9.17) is 0 Å². The van der Waals surface area contributed by atoms with Gasteiger partial charge in [0.2, 0.25) is 0 Å². The van der Waals surface area contributed by atoms with Gasteiger partial charge in [0.05, 0.1) is 5.60 Å². The lowest BCUT2D eigenvalue weighted by atomic mass is 9.84. The Morgan fingerprint density at radius 2 is 1.62 bits per heavy atom. The van der Waals surface area contributed by atoms with Gasteiger partial charge in [-0.3, -0.25) is 0 Å². The summed E-state index contributed by atoms with van der Waals surface area (Å²) in [5.41, 5.74) is 0.227. The summed E-state index contributed by atoms with van der Waals surface area (Å²) in [6, 6.07) is 14.4. The number of hydrogen-bond acceptors (Lipinski definition) is 1. The molecular formula is C15H18O. The quantitative estimate of drug-likeness (QED) is 0.808. The van der Waals surface area contributed by atoms with Crippen molar-refractivity contribution in [3.8, 4) is 0 Å². The van der Waals surface area contributed by atoms with Gasteiger partial charge in [0.15, 0.2) is 0 Å². The normalized spacial score (nSPS) is 15.3. The molecule has 1 atom stereocenters. The first-order valence-electron chi connectivity index (χ1n) is 5.73. The van der Waals surface area contributed by atoms with Crippen LogP contribution in [0.5, 0.6) is 0 Å². The molecule has 16 heavy (non-hydrogen) atoms. The van der Waals surface area contributed by atoms with E-state index < -0.39 is 5.60 Å². The molecule has 0 aliphatic heterocycles. The zero-order valence-corrected chi connectivity index (χ0v) is 10.1. The topological polar surface area (TPSA) is 20.2 Å². The van der Waals surface area contributed by atoms with Crippen LogP contribution in [-0.2, 0) is 5.60 Å². The van der Waals surface area contributed by atoms with E-state index in [0.717, 1.165) is 5.56 Å². The Hall–Kier alpha value is -1.34. The van der Waals surface area contributed by atoms with Gasteiger partial charge in [-0.2, -0.15) is 0 Å². The lowest BCUT2D eigenvalue weighted by molar-refractivity contribution is 0.00918. The van der Waals surface area contributed by atoms with Gasteiger partial charge >= 0.3 is 0 Å². The van der Waals surface area contributed by atoms with Crippen LogP contribution in [0.2, 0.25) is 0 Å². The highest BCUT2D eigenvalue weighted by atomic mass is 16.3. The van der Waals surface area contributed by atoms with Crippen LogP contribution in [0.15, 0.2) is 42.5 Å². The second kappa shape index (κ2) is 3.91. The maximum atomic E-state index is 10.4. The van der Waals surface area contributed by atoms with Gasteiger partial charge in [-0.25, -0.2) is 0 Å². The largest absolute Gasteiger partial charge is 0.385 e. The maximum Gasteiger partial charge on any atom is 0.0891 e. The summed E-state index contributed by atoms with van der Waals surface area (Å²) in [7, 11) is 0. The summed E-state index contributed by atoms with van der Waals surface area (Å²) in [6.07, 6.45) is 0. The lowest BCUT2D eigenvalue weighted by Crippen LogP contribution is -2.27. The summed E-state index contributed by atoms with van der Waals surface area (Å²) in [5, 5.41) is 12.8. The van der Waals surface area contributed by atoms with Gasteiger partial charge in [-0.05, 0) is 35.2 Å². The zero-order valence-electron chi connectivity index (χ0n) is 10.1. The average Bonchev–Trinajstić information content (AvgIpc) is 2.28. The van der Waals surface area contributed by atoms with Crippen LogP contribution in [0.1, 0.15) is 26.3 Å². The molecule has 1 unspecified atom stereocenters. The van der Waals surface area contributed by atoms with Gasteiger partial charge < -0.3 is 5.11 Å². The van der Waals surface area contributed by atoms with Crippen molar-refractivity contribution in [1.82, 2.24) is 0 Å². The smallest absolute Gasteiger partial charge is 0.0891 e. The molecular weight excluding hydrogens is 196 g/mol. The van der Waals surface area contributed by atoms with E-state index in [1.165, 1.54) is 10.8 Å². The van der Waals surface area contributed by atoms with Crippen LogP contribution >= 0.6 is 0 Å². The molecule has 0 heterocycles. The van der Waals surface area contributed by atoms with Gasteiger partial charge in [0.25, 0.3) is 0 Å². The van der Waals surface area contributed by atoms with Crippen LogP contribution in [0.4, 0.5) is 0 Å². The Bertz CT molecular complexity index is 498. The molecule has 0 spiro atoms. The molecule has 0 saturated carbocycles. The van der Waals surface area contributed by atoms with Gasteiger partial charge in [-0.1, -0.05) is 50.2 Å². The molecule has 2 rings (SSSR count). The highest BCUT2D eigenvalue weighted by Gasteiger charge is 2.27. The van der Waals surface area contributed by atoms with Crippen LogP contribution in [-0.4, -0.2) is 5.11 Å². The third kappa shape index (κ3) is 1.83. The first-order chi connectivity index (χ1) is 7.51. The third-order valence-electron chi connectivity index (χ3n) is 3.46. The minimum atomic E-state index is -0.760. The predicted octanol–water partition coefficient (Wildman–Crippen LogP) is 3.70. The molecule has 0 bridgehead atoms. The van der Waals surface area contributed by atoms with E-state index in [1.807, 2.05) is 39.0 Å². The fraction of sp³-hybridized carbons (Fsp3) is 0.333. The van der Waals surface area contributed by atoms with Gasteiger partial charge in [-0.15, -0.1) is 0 Å². The van der Waals surface area contributed by atoms with E-state index >= 15 is 0 Å². The van der Waals surface area contributed by atoms with Crippen molar-refractivity contribution < 1.29 is 5.11 Å². The molecule has 2 aromatic rings. The molecule has 1 heteroatoms. The molecule has 0 fully saturated rings. The third-order valence-corrected chi connectivity index (χ3v) is 3.46. The fourth-order valence-electron chi connectivity index (χ4n) is 1.84. The highest BCUT2D eigenvalue weighted by Crippen LogP contribution is 2.30. The SMILES string of the molecule is CC(C)C(C)(O)c1ccc2ccccc2c1. The van der Waals surface area contributed by atoms with E-state index in [9.17, 15) is 5.11 Å². The summed E-state index contributed by atoms with van der Waals surface area (Å²) in [4.78, 5) is 0. The second-order valence-corrected chi connectivity index (χ2v) is 4.86. The van der Waals surface area contributed by atoms with Crippen molar-refractivity contribution in [3.05, 3.63) is 48.0 Å². The maximum absolute atomic E-state index is 10.4. The second-order valence-electron chi connectivity index (χ2n) is 4.86. The van der Waals surface area contributed by atoms with E-state index in [-0.39, 0.29) is 5.92 Å². The molecule has 0 saturated heterocycles. The number of rotatable bonds is 2. The highest BCUT2D eigenvalue weighted by molar-refractivity contribution is 5.83. The van der Waals surface area contributed by atoms with E-state index in [2.05, 4.69) is 24.3 Å².